The molecule has 8 nitrogen and oxygen atoms in total. The smallest absolute Gasteiger partial charge is 0.433 e. The first kappa shape index (κ1) is 21.0. The lowest BCUT2D eigenvalue weighted by molar-refractivity contribution is -0.141. The second kappa shape index (κ2) is 10.1. The van der Waals surface area contributed by atoms with Crippen LogP contribution in [0, 0.1) is 0 Å². The normalized spacial score (nSPS) is 23.0. The summed E-state index contributed by atoms with van der Waals surface area (Å²) in [6.07, 6.45) is 1.13. The van der Waals surface area contributed by atoms with Crippen LogP contribution in [-0.4, -0.2) is 64.8 Å². The number of carbonyl (C=O) groups excluding carboxylic acids is 1. The van der Waals surface area contributed by atoms with Crippen LogP contribution in [0.15, 0.2) is 36.5 Å². The Morgan fingerprint density at radius 2 is 1.92 bits per heavy atom. The quantitative estimate of drug-likeness (QED) is 0.543. The van der Waals surface area contributed by atoms with Crippen molar-refractivity contribution in [3.8, 4) is 5.75 Å². The van der Waals surface area contributed by atoms with E-state index in [1.165, 1.54) is 12.1 Å². The number of ether oxygens (including phenoxy) is 1. The molecule has 0 unspecified atom stereocenters. The molecular formula is C25H29F3N6O2. The van der Waals surface area contributed by atoms with Crippen LogP contribution in [0.1, 0.15) is 52.0 Å². The molecule has 2 aromatic heterocycles. The maximum Gasteiger partial charge on any atom is 0.433 e. The van der Waals surface area contributed by atoms with Crippen molar-refractivity contribution in [2.24, 2.45) is 0 Å². The summed E-state index contributed by atoms with van der Waals surface area (Å²) in [6.45, 7) is 4.12. The van der Waals surface area contributed by atoms with Crippen molar-refractivity contribution in [1.29, 1.82) is 0 Å². The molecule has 3 heterocycles. The zero-order valence-electron chi connectivity index (χ0n) is 22.5. The maximum absolute atomic E-state index is 13.1. The largest absolute Gasteiger partial charge is 0.494 e. The fraction of sp³-hybridized carbons (Fsp3) is 0.480. The van der Waals surface area contributed by atoms with Gasteiger partial charge >= 0.3 is 6.18 Å². The van der Waals surface area contributed by atoms with E-state index in [1.807, 2.05) is 10.9 Å². The van der Waals surface area contributed by atoms with Crippen molar-refractivity contribution in [3.63, 3.8) is 0 Å². The lowest BCUT2D eigenvalue weighted by Gasteiger charge is -2.39. The number of halogens is 3. The number of aromatic nitrogens is 3. The Balaban J connectivity index is 1.37. The minimum absolute atomic E-state index is 0.00944. The second-order valence-corrected chi connectivity index (χ2v) is 9.23. The first-order valence-corrected chi connectivity index (χ1v) is 12.0. The van der Waals surface area contributed by atoms with Crippen molar-refractivity contribution in [2.45, 2.75) is 43.9 Å². The number of carbonyl (C=O) groups is 1. The number of methoxy groups -OCH3 is 1. The van der Waals surface area contributed by atoms with Gasteiger partial charge in [-0.3, -0.25) is 14.4 Å². The highest BCUT2D eigenvalue weighted by atomic mass is 19.4. The van der Waals surface area contributed by atoms with Crippen LogP contribution >= 0.6 is 0 Å². The second-order valence-electron chi connectivity index (χ2n) is 9.23. The predicted octanol–water partition coefficient (Wildman–Crippen LogP) is 4.10. The molecule has 1 aromatic carbocycles. The third-order valence-electron chi connectivity index (χ3n) is 6.96. The van der Waals surface area contributed by atoms with Crippen molar-refractivity contribution in [1.82, 2.24) is 25.0 Å². The highest BCUT2D eigenvalue weighted by Crippen LogP contribution is 2.35. The summed E-state index contributed by atoms with van der Waals surface area (Å²) in [5, 5.41) is 11.1. The molecule has 2 aliphatic rings. The van der Waals surface area contributed by atoms with Gasteiger partial charge in [0.25, 0.3) is 5.91 Å². The number of nitrogens with zero attached hydrogens (tertiary/aromatic N) is 4. The third-order valence-corrected chi connectivity index (χ3v) is 6.96. The first-order chi connectivity index (χ1) is 18.5. The average Bonchev–Trinajstić information content (AvgIpc) is 3.31. The molecule has 3 aromatic rings. The van der Waals surface area contributed by atoms with Gasteiger partial charge in [-0.2, -0.15) is 18.3 Å². The van der Waals surface area contributed by atoms with E-state index < -0.39 is 30.5 Å². The van der Waals surface area contributed by atoms with E-state index in [4.69, 9.17) is 8.85 Å². The van der Waals surface area contributed by atoms with Gasteiger partial charge in [0.1, 0.15) is 17.1 Å². The summed E-state index contributed by atoms with van der Waals surface area (Å²) in [4.78, 5) is 18.7. The molecule has 11 heteroatoms. The number of nitrogens with one attached hydrogen (secondary N) is 2. The number of piperazine rings is 1. The van der Waals surface area contributed by atoms with E-state index >= 15 is 0 Å². The zero-order valence-corrected chi connectivity index (χ0v) is 19.5. The molecule has 1 saturated carbocycles. The fourth-order valence-electron chi connectivity index (χ4n) is 5.08. The predicted molar refractivity (Wildman–Crippen MR) is 129 cm³/mol. The van der Waals surface area contributed by atoms with Crippen LogP contribution in [0.4, 0.5) is 18.9 Å². The molecule has 0 bridgehead atoms. The zero-order chi connectivity index (χ0) is 27.8. The topological polar surface area (TPSA) is 84.3 Å². The Morgan fingerprint density at radius 3 is 2.64 bits per heavy atom. The Kier molecular flexibility index (Phi) is 5.85. The number of amides is 1. The molecule has 0 spiro atoms. The number of benzene rings is 1. The van der Waals surface area contributed by atoms with E-state index in [-0.39, 0.29) is 17.5 Å². The molecule has 1 aliphatic heterocycles. The highest BCUT2D eigenvalue weighted by Gasteiger charge is 2.33. The van der Waals surface area contributed by atoms with Crippen molar-refractivity contribution < 1.29 is 26.8 Å². The van der Waals surface area contributed by atoms with Crippen LogP contribution in [0.3, 0.4) is 0 Å². The van der Waals surface area contributed by atoms with Crippen LogP contribution in [0.2, 0.25) is 0 Å². The van der Waals surface area contributed by atoms with E-state index in [2.05, 4.69) is 25.6 Å². The summed E-state index contributed by atoms with van der Waals surface area (Å²) in [6, 6.07) is 6.64. The minimum Gasteiger partial charge on any atom is -0.494 e. The van der Waals surface area contributed by atoms with Crippen LogP contribution in [-0.2, 0) is 6.18 Å². The Morgan fingerprint density at radius 1 is 1.17 bits per heavy atom. The van der Waals surface area contributed by atoms with Crippen molar-refractivity contribution in [2.75, 3.05) is 38.5 Å². The average molecular weight is 506 g/mol. The van der Waals surface area contributed by atoms with E-state index in [0.29, 0.717) is 16.9 Å². The SMILES string of the molecule is [2H]C([2H])([2H])Oc1cc2nn(C3CCC(N4CCNCC4)CC3)cc2cc1NC(=O)c1cccc(C(F)(F)F)n1. The molecule has 36 heavy (non-hydrogen) atoms. The summed E-state index contributed by atoms with van der Waals surface area (Å²) < 4.78 is 68.7. The van der Waals surface area contributed by atoms with Gasteiger partial charge in [0.05, 0.1) is 28.4 Å². The van der Waals surface area contributed by atoms with Crippen LogP contribution in [0.5, 0.6) is 5.75 Å². The molecule has 1 aliphatic carbocycles. The number of hydrogen-bond acceptors (Lipinski definition) is 6. The molecule has 2 N–H and O–H groups in total. The van der Waals surface area contributed by atoms with Gasteiger partial charge < -0.3 is 15.4 Å². The van der Waals surface area contributed by atoms with Gasteiger partial charge in [-0.05, 0) is 43.9 Å². The first-order valence-electron chi connectivity index (χ1n) is 13.5. The molecule has 5 rings (SSSR count). The van der Waals surface area contributed by atoms with Crippen LogP contribution in [0.25, 0.3) is 10.9 Å². The molecular weight excluding hydrogens is 473 g/mol. The van der Waals surface area contributed by atoms with Crippen LogP contribution < -0.4 is 15.4 Å². The molecule has 0 atom stereocenters. The van der Waals surface area contributed by atoms with Gasteiger partial charge in [0, 0.05) is 49.9 Å². The molecule has 0 radical (unpaired) electrons. The third kappa shape index (κ3) is 5.17. The van der Waals surface area contributed by atoms with Gasteiger partial charge in [-0.25, -0.2) is 4.98 Å². The van der Waals surface area contributed by atoms with Crippen molar-refractivity contribution >= 4 is 22.5 Å². The highest BCUT2D eigenvalue weighted by molar-refractivity contribution is 6.05. The minimum atomic E-state index is -4.72. The summed E-state index contributed by atoms with van der Waals surface area (Å²) >= 11 is 0. The van der Waals surface area contributed by atoms with Crippen molar-refractivity contribution in [3.05, 3.63) is 47.9 Å². The van der Waals surface area contributed by atoms with Gasteiger partial charge in [0.15, 0.2) is 0 Å². The summed E-state index contributed by atoms with van der Waals surface area (Å²) in [7, 11) is -2.83. The molecule has 192 valence electrons. The Bertz CT molecular complexity index is 1330. The van der Waals surface area contributed by atoms with E-state index in [9.17, 15) is 18.0 Å². The lowest BCUT2D eigenvalue weighted by Crippen LogP contribution is -2.49. The molecule has 2 fully saturated rings. The summed E-state index contributed by atoms with van der Waals surface area (Å²) in [5.74, 6) is -1.11. The number of alkyl halides is 3. The van der Waals surface area contributed by atoms with E-state index in [0.717, 1.165) is 70.1 Å². The summed E-state index contributed by atoms with van der Waals surface area (Å²) in [5.41, 5.74) is -1.21. The fourth-order valence-corrected chi connectivity index (χ4v) is 5.08. The molecule has 1 amide bonds. The number of rotatable bonds is 5. The van der Waals surface area contributed by atoms with Gasteiger partial charge in [0.2, 0.25) is 0 Å². The maximum atomic E-state index is 13.1. The van der Waals surface area contributed by atoms with E-state index in [1.54, 1.807) is 0 Å². The van der Waals surface area contributed by atoms with Gasteiger partial charge in [-0.1, -0.05) is 6.07 Å². The lowest BCUT2D eigenvalue weighted by atomic mass is 9.90. The Hall–Kier alpha value is -3.18. The Labute approximate surface area is 211 Å². The number of hydrogen-bond donors (Lipinski definition) is 2. The van der Waals surface area contributed by atoms with Gasteiger partial charge in [-0.15, -0.1) is 0 Å². The number of anilines is 1. The number of pyridine rings is 1. The monoisotopic (exact) mass is 505 g/mol. The number of fused-ring (bicyclic) bond motifs is 1. The molecule has 1 saturated heterocycles. The standard InChI is InChI=1S/C25H29F3N6O2/c1-36-22-14-20-16(13-21(22)31-24(35)19-3-2-4-23(30-19)25(26,27)28)15-34(32-20)18-7-5-17(6-8-18)33-11-9-29-10-12-33/h2-4,13-15,17-18,29H,5-12H2,1H3,(H,31,35)/i1D3.